The lowest BCUT2D eigenvalue weighted by atomic mass is 10.2. The van der Waals surface area contributed by atoms with E-state index in [1.807, 2.05) is 0 Å². The number of carboxylic acid groups (broad SMARTS) is 1. The van der Waals surface area contributed by atoms with Crippen LogP contribution >= 0.6 is 11.8 Å². The number of rotatable bonds is 5. The highest BCUT2D eigenvalue weighted by Crippen LogP contribution is 2.06. The van der Waals surface area contributed by atoms with Crippen LogP contribution in [0.2, 0.25) is 0 Å². The van der Waals surface area contributed by atoms with Gasteiger partial charge in [-0.15, -0.1) is 0 Å². The summed E-state index contributed by atoms with van der Waals surface area (Å²) in [4.78, 5) is 33.4. The van der Waals surface area contributed by atoms with Crippen LogP contribution in [0.4, 0.5) is 0 Å². The number of carboxylic acids is 1. The molecule has 0 fully saturated rings. The SMILES string of the molecule is C[C@H](NC(=O)c1ccccc1)C(=O)SCC(=O)[O-]. The van der Waals surface area contributed by atoms with Gasteiger partial charge in [-0.1, -0.05) is 30.0 Å². The molecular weight excluding hydrogens is 254 g/mol. The predicted octanol–water partition coefficient (Wildman–Crippen LogP) is -0.185. The second-order valence-corrected chi connectivity index (χ2v) is 4.52. The molecule has 0 saturated heterocycles. The molecule has 96 valence electrons. The number of aliphatic carboxylic acids is 1. The van der Waals surface area contributed by atoms with Crippen molar-refractivity contribution in [1.82, 2.24) is 5.32 Å². The molecule has 1 N–H and O–H groups in total. The van der Waals surface area contributed by atoms with Crippen molar-refractivity contribution < 1.29 is 19.5 Å². The fourth-order valence-electron chi connectivity index (χ4n) is 1.18. The van der Waals surface area contributed by atoms with E-state index in [-0.39, 0.29) is 5.91 Å². The molecule has 0 spiro atoms. The van der Waals surface area contributed by atoms with Gasteiger partial charge >= 0.3 is 0 Å². The Morgan fingerprint density at radius 2 is 1.89 bits per heavy atom. The van der Waals surface area contributed by atoms with Crippen molar-refractivity contribution in [3.05, 3.63) is 35.9 Å². The smallest absolute Gasteiger partial charge is 0.251 e. The standard InChI is InChI=1S/C12H13NO4S/c1-8(12(17)18-7-10(14)15)13-11(16)9-5-3-2-4-6-9/h2-6,8H,7H2,1H3,(H,13,16)(H,14,15)/p-1/t8-/m0/s1. The molecule has 0 unspecified atom stereocenters. The van der Waals surface area contributed by atoms with Crippen molar-refractivity contribution in [2.24, 2.45) is 0 Å². The number of thioether (sulfide) groups is 1. The second-order valence-electron chi connectivity index (χ2n) is 3.54. The molecule has 0 aliphatic rings. The highest BCUT2D eigenvalue weighted by molar-refractivity contribution is 8.14. The Bertz CT molecular complexity index is 447. The van der Waals surface area contributed by atoms with Gasteiger partial charge in [0.15, 0.2) is 0 Å². The molecule has 1 rings (SSSR count). The maximum absolute atomic E-state index is 11.7. The van der Waals surface area contributed by atoms with E-state index in [2.05, 4.69) is 5.32 Å². The molecule has 1 amide bonds. The van der Waals surface area contributed by atoms with Crippen molar-refractivity contribution in [3.63, 3.8) is 0 Å². The fourth-order valence-corrected chi connectivity index (χ4v) is 1.75. The van der Waals surface area contributed by atoms with Crippen LogP contribution in [0.3, 0.4) is 0 Å². The summed E-state index contributed by atoms with van der Waals surface area (Å²) < 4.78 is 0. The van der Waals surface area contributed by atoms with E-state index in [0.717, 1.165) is 0 Å². The molecule has 6 heteroatoms. The number of hydrogen-bond acceptors (Lipinski definition) is 5. The Hall–Kier alpha value is -1.82. The fraction of sp³-hybridized carbons (Fsp3) is 0.250. The van der Waals surface area contributed by atoms with Crippen LogP contribution < -0.4 is 10.4 Å². The molecule has 1 aromatic rings. The first-order chi connectivity index (χ1) is 8.50. The lowest BCUT2D eigenvalue weighted by Crippen LogP contribution is -2.38. The van der Waals surface area contributed by atoms with Gasteiger partial charge in [-0.3, -0.25) is 9.59 Å². The van der Waals surface area contributed by atoms with Gasteiger partial charge in [0.25, 0.3) is 5.91 Å². The Kier molecular flexibility index (Phi) is 5.38. The summed E-state index contributed by atoms with van der Waals surface area (Å²) in [5.41, 5.74) is 0.446. The maximum Gasteiger partial charge on any atom is 0.251 e. The van der Waals surface area contributed by atoms with Gasteiger partial charge in [0.2, 0.25) is 5.12 Å². The van der Waals surface area contributed by atoms with Crippen LogP contribution in [0.5, 0.6) is 0 Å². The summed E-state index contributed by atoms with van der Waals surface area (Å²) in [5, 5.41) is 12.3. The lowest BCUT2D eigenvalue weighted by Gasteiger charge is -2.12. The Balaban J connectivity index is 2.49. The van der Waals surface area contributed by atoms with Gasteiger partial charge in [0, 0.05) is 11.3 Å². The second kappa shape index (κ2) is 6.80. The number of carbonyl (C=O) groups is 3. The van der Waals surface area contributed by atoms with Gasteiger partial charge in [0.1, 0.15) is 0 Å². The third-order valence-electron chi connectivity index (χ3n) is 2.07. The zero-order valence-electron chi connectivity index (χ0n) is 9.71. The maximum atomic E-state index is 11.7. The zero-order valence-corrected chi connectivity index (χ0v) is 10.5. The van der Waals surface area contributed by atoms with Gasteiger partial charge < -0.3 is 15.2 Å². The van der Waals surface area contributed by atoms with Crippen LogP contribution in [-0.2, 0) is 9.59 Å². The zero-order chi connectivity index (χ0) is 13.5. The van der Waals surface area contributed by atoms with Crippen LogP contribution in [-0.4, -0.2) is 28.8 Å². The number of hydrogen-bond donors (Lipinski definition) is 1. The van der Waals surface area contributed by atoms with E-state index in [1.165, 1.54) is 6.92 Å². The summed E-state index contributed by atoms with van der Waals surface area (Å²) in [6.45, 7) is 1.51. The monoisotopic (exact) mass is 266 g/mol. The number of benzene rings is 1. The summed E-state index contributed by atoms with van der Waals surface area (Å²) in [5.74, 6) is -2.09. The summed E-state index contributed by atoms with van der Waals surface area (Å²) >= 11 is 0.614. The predicted molar refractivity (Wildman–Crippen MR) is 65.8 cm³/mol. The van der Waals surface area contributed by atoms with Crippen molar-refractivity contribution in [2.45, 2.75) is 13.0 Å². The van der Waals surface area contributed by atoms with Gasteiger partial charge in [-0.25, -0.2) is 0 Å². The van der Waals surface area contributed by atoms with Crippen LogP contribution in [0.1, 0.15) is 17.3 Å². The first kappa shape index (κ1) is 14.2. The van der Waals surface area contributed by atoms with Crippen molar-refractivity contribution in [3.8, 4) is 0 Å². The van der Waals surface area contributed by atoms with E-state index in [0.29, 0.717) is 17.3 Å². The highest BCUT2D eigenvalue weighted by atomic mass is 32.2. The minimum absolute atomic E-state index is 0.370. The molecule has 5 nitrogen and oxygen atoms in total. The lowest BCUT2D eigenvalue weighted by molar-refractivity contribution is -0.301. The molecular formula is C12H12NO4S-. The Morgan fingerprint density at radius 3 is 2.44 bits per heavy atom. The van der Waals surface area contributed by atoms with Crippen LogP contribution in [0.15, 0.2) is 30.3 Å². The molecule has 18 heavy (non-hydrogen) atoms. The third-order valence-corrected chi connectivity index (χ3v) is 3.09. The number of nitrogens with one attached hydrogen (secondary N) is 1. The molecule has 0 aliphatic heterocycles. The van der Waals surface area contributed by atoms with Gasteiger partial charge in [-0.2, -0.15) is 0 Å². The average molecular weight is 266 g/mol. The van der Waals surface area contributed by atoms with Crippen LogP contribution in [0, 0.1) is 0 Å². The summed E-state index contributed by atoms with van der Waals surface area (Å²) in [6, 6.07) is 7.71. The van der Waals surface area contributed by atoms with E-state index in [4.69, 9.17) is 0 Å². The molecule has 0 heterocycles. The third kappa shape index (κ3) is 4.58. The summed E-state index contributed by atoms with van der Waals surface area (Å²) in [7, 11) is 0. The molecule has 0 saturated carbocycles. The molecule has 0 aromatic heterocycles. The molecule has 0 bridgehead atoms. The molecule has 1 atom stereocenters. The average Bonchev–Trinajstić information content (AvgIpc) is 2.36. The quantitative estimate of drug-likeness (QED) is 0.798. The molecule has 0 radical (unpaired) electrons. The highest BCUT2D eigenvalue weighted by Gasteiger charge is 2.16. The largest absolute Gasteiger partial charge is 0.549 e. The minimum Gasteiger partial charge on any atom is -0.549 e. The Labute approximate surface area is 109 Å². The number of carbonyl (C=O) groups excluding carboxylic acids is 3. The first-order valence-corrected chi connectivity index (χ1v) is 6.21. The van der Waals surface area contributed by atoms with E-state index < -0.39 is 22.9 Å². The van der Waals surface area contributed by atoms with Crippen molar-refractivity contribution in [2.75, 3.05) is 5.75 Å². The Morgan fingerprint density at radius 1 is 1.28 bits per heavy atom. The van der Waals surface area contributed by atoms with Gasteiger partial charge in [0.05, 0.1) is 12.0 Å². The first-order valence-electron chi connectivity index (χ1n) is 5.23. The topological polar surface area (TPSA) is 86.3 Å². The number of amides is 1. The summed E-state index contributed by atoms with van der Waals surface area (Å²) in [6.07, 6.45) is 0. The van der Waals surface area contributed by atoms with E-state index >= 15 is 0 Å². The van der Waals surface area contributed by atoms with Crippen molar-refractivity contribution in [1.29, 1.82) is 0 Å². The van der Waals surface area contributed by atoms with E-state index in [9.17, 15) is 19.5 Å². The minimum atomic E-state index is -1.31. The molecule has 0 aliphatic carbocycles. The van der Waals surface area contributed by atoms with Gasteiger partial charge in [-0.05, 0) is 19.1 Å². The molecule has 1 aromatic carbocycles. The normalized spacial score (nSPS) is 11.6. The van der Waals surface area contributed by atoms with E-state index in [1.54, 1.807) is 30.3 Å². The van der Waals surface area contributed by atoms with Crippen molar-refractivity contribution >= 4 is 28.8 Å². The van der Waals surface area contributed by atoms with Crippen LogP contribution in [0.25, 0.3) is 0 Å².